The maximum absolute atomic E-state index is 13.8. The van der Waals surface area contributed by atoms with Crippen molar-refractivity contribution in [2.24, 2.45) is 5.92 Å². The van der Waals surface area contributed by atoms with E-state index in [0.29, 0.717) is 18.8 Å². The highest BCUT2D eigenvalue weighted by molar-refractivity contribution is 5.31. The number of rotatable bonds is 4. The average molecular weight is 242 g/mol. The van der Waals surface area contributed by atoms with Gasteiger partial charge in [0, 0.05) is 18.1 Å². The van der Waals surface area contributed by atoms with Gasteiger partial charge in [-0.3, -0.25) is 0 Å². The molecule has 0 amide bonds. The molecular weight excluding hydrogens is 226 g/mol. The second-order valence-corrected chi connectivity index (χ2v) is 4.56. The van der Waals surface area contributed by atoms with Gasteiger partial charge in [0.25, 0.3) is 0 Å². The molecule has 0 radical (unpaired) electrons. The van der Waals surface area contributed by atoms with Crippen LogP contribution < -0.4 is 0 Å². The third-order valence-electron chi connectivity index (χ3n) is 3.68. The summed E-state index contributed by atoms with van der Waals surface area (Å²) in [6.45, 7) is 2.70. The number of hydrogen-bond acceptors (Lipinski definition) is 2. The van der Waals surface area contributed by atoms with Gasteiger partial charge < -0.3 is 9.84 Å². The van der Waals surface area contributed by atoms with Crippen LogP contribution in [0.5, 0.6) is 0 Å². The molecule has 4 heteroatoms. The highest BCUT2D eigenvalue weighted by atomic mass is 19.1. The fourth-order valence-electron chi connectivity index (χ4n) is 2.52. The van der Waals surface area contributed by atoms with E-state index >= 15 is 0 Å². The Morgan fingerprint density at radius 3 is 2.53 bits per heavy atom. The van der Waals surface area contributed by atoms with Crippen LogP contribution in [0.15, 0.2) is 18.2 Å². The molecule has 1 aliphatic heterocycles. The summed E-state index contributed by atoms with van der Waals surface area (Å²) in [7, 11) is 0. The summed E-state index contributed by atoms with van der Waals surface area (Å²) in [5.74, 6) is -1.20. The largest absolute Gasteiger partial charge is 0.396 e. The van der Waals surface area contributed by atoms with Gasteiger partial charge in [0.05, 0.1) is 13.2 Å². The van der Waals surface area contributed by atoms with Crippen molar-refractivity contribution < 1.29 is 18.6 Å². The molecule has 0 bridgehead atoms. The lowest BCUT2D eigenvalue weighted by atomic mass is 9.67. The predicted molar refractivity (Wildman–Crippen MR) is 59.7 cm³/mol. The van der Waals surface area contributed by atoms with Crippen molar-refractivity contribution in [1.29, 1.82) is 0 Å². The monoisotopic (exact) mass is 242 g/mol. The Kier molecular flexibility index (Phi) is 3.45. The third-order valence-corrected chi connectivity index (χ3v) is 3.68. The van der Waals surface area contributed by atoms with E-state index in [1.807, 2.05) is 6.92 Å². The van der Waals surface area contributed by atoms with E-state index in [4.69, 9.17) is 4.74 Å². The zero-order valence-corrected chi connectivity index (χ0v) is 9.75. The molecule has 94 valence electrons. The van der Waals surface area contributed by atoms with Gasteiger partial charge in [-0.15, -0.1) is 0 Å². The highest BCUT2D eigenvalue weighted by Crippen LogP contribution is 2.42. The minimum absolute atomic E-state index is 0.0172. The lowest BCUT2D eigenvalue weighted by molar-refractivity contribution is -0.103. The average Bonchev–Trinajstić information content (AvgIpc) is 2.24. The lowest BCUT2D eigenvalue weighted by Crippen LogP contribution is -2.54. The first-order valence-corrected chi connectivity index (χ1v) is 5.78. The number of hydrogen-bond donors (Lipinski definition) is 1. The molecule has 1 aromatic rings. The standard InChI is InChI=1S/C13H16F2O2/c1-2-9(6-16)13(7-17-8-13)11-4-3-10(14)5-12(11)15/h3-5,9,16H,2,6-8H2,1H3. The fraction of sp³-hybridized carbons (Fsp3) is 0.538. The van der Waals surface area contributed by atoms with E-state index in [9.17, 15) is 13.9 Å². The van der Waals surface area contributed by atoms with E-state index < -0.39 is 17.0 Å². The van der Waals surface area contributed by atoms with E-state index in [-0.39, 0.29) is 12.5 Å². The van der Waals surface area contributed by atoms with Gasteiger partial charge in [0.1, 0.15) is 11.6 Å². The summed E-state index contributed by atoms with van der Waals surface area (Å²) in [6, 6.07) is 3.60. The summed E-state index contributed by atoms with van der Waals surface area (Å²) in [6.07, 6.45) is 0.733. The van der Waals surface area contributed by atoms with Crippen molar-refractivity contribution >= 4 is 0 Å². The van der Waals surface area contributed by atoms with Crippen molar-refractivity contribution in [3.05, 3.63) is 35.4 Å². The predicted octanol–water partition coefficient (Wildman–Crippen LogP) is 2.25. The number of benzene rings is 1. The number of aliphatic hydroxyl groups excluding tert-OH is 1. The van der Waals surface area contributed by atoms with E-state index in [0.717, 1.165) is 12.5 Å². The Hall–Kier alpha value is -1.00. The second-order valence-electron chi connectivity index (χ2n) is 4.56. The van der Waals surface area contributed by atoms with E-state index in [1.54, 1.807) is 0 Å². The first-order valence-electron chi connectivity index (χ1n) is 5.78. The van der Waals surface area contributed by atoms with Crippen LogP contribution in [-0.4, -0.2) is 24.9 Å². The van der Waals surface area contributed by atoms with E-state index in [2.05, 4.69) is 0 Å². The smallest absolute Gasteiger partial charge is 0.130 e. The van der Waals surface area contributed by atoms with Gasteiger partial charge in [0.15, 0.2) is 0 Å². The van der Waals surface area contributed by atoms with Gasteiger partial charge >= 0.3 is 0 Å². The number of ether oxygens (including phenoxy) is 1. The Balaban J connectivity index is 2.40. The SMILES string of the molecule is CCC(CO)C1(c2ccc(F)cc2F)COC1. The van der Waals surface area contributed by atoms with Crippen molar-refractivity contribution in [2.45, 2.75) is 18.8 Å². The Morgan fingerprint density at radius 2 is 2.12 bits per heavy atom. The summed E-state index contributed by atoms with van der Waals surface area (Å²) in [4.78, 5) is 0. The molecule has 1 heterocycles. The molecule has 2 rings (SSSR count). The van der Waals surface area contributed by atoms with Gasteiger partial charge in [-0.25, -0.2) is 8.78 Å². The summed E-state index contributed by atoms with van der Waals surface area (Å²) in [5, 5.41) is 9.38. The molecule has 1 aliphatic rings. The van der Waals surface area contributed by atoms with Crippen molar-refractivity contribution in [1.82, 2.24) is 0 Å². The van der Waals surface area contributed by atoms with Gasteiger partial charge in [-0.1, -0.05) is 19.4 Å². The van der Waals surface area contributed by atoms with Crippen LogP contribution in [0.2, 0.25) is 0 Å². The number of aliphatic hydroxyl groups is 1. The first-order chi connectivity index (χ1) is 8.14. The highest BCUT2D eigenvalue weighted by Gasteiger charge is 2.47. The lowest BCUT2D eigenvalue weighted by Gasteiger charge is -2.47. The molecule has 1 N–H and O–H groups in total. The van der Waals surface area contributed by atoms with Crippen LogP contribution in [0.25, 0.3) is 0 Å². The van der Waals surface area contributed by atoms with Gasteiger partial charge in [-0.05, 0) is 17.5 Å². The molecule has 2 nitrogen and oxygen atoms in total. The molecule has 1 fully saturated rings. The maximum atomic E-state index is 13.8. The molecule has 1 unspecified atom stereocenters. The Bertz CT molecular complexity index is 398. The van der Waals surface area contributed by atoms with Crippen molar-refractivity contribution in [3.8, 4) is 0 Å². The third kappa shape index (κ3) is 1.96. The van der Waals surface area contributed by atoms with Crippen LogP contribution in [0, 0.1) is 17.6 Å². The second kappa shape index (κ2) is 4.70. The fourth-order valence-corrected chi connectivity index (χ4v) is 2.52. The van der Waals surface area contributed by atoms with Crippen LogP contribution in [0.1, 0.15) is 18.9 Å². The van der Waals surface area contributed by atoms with Crippen molar-refractivity contribution in [2.75, 3.05) is 19.8 Å². The zero-order chi connectivity index (χ0) is 12.5. The maximum Gasteiger partial charge on any atom is 0.130 e. The van der Waals surface area contributed by atoms with Crippen molar-refractivity contribution in [3.63, 3.8) is 0 Å². The molecule has 0 aliphatic carbocycles. The summed E-state index contributed by atoms with van der Waals surface area (Å²) in [5.41, 5.74) is -0.0487. The summed E-state index contributed by atoms with van der Waals surface area (Å²) < 4.78 is 31.9. The minimum atomic E-state index is -0.585. The van der Waals surface area contributed by atoms with Gasteiger partial charge in [0.2, 0.25) is 0 Å². The topological polar surface area (TPSA) is 29.5 Å². The van der Waals surface area contributed by atoms with Crippen LogP contribution >= 0.6 is 0 Å². The molecule has 1 atom stereocenters. The molecule has 1 saturated heterocycles. The normalized spacial score (nSPS) is 19.8. The number of halogens is 2. The molecule has 17 heavy (non-hydrogen) atoms. The molecule has 1 aromatic carbocycles. The quantitative estimate of drug-likeness (QED) is 0.877. The molecular formula is C13H16F2O2. The first kappa shape index (κ1) is 12.5. The van der Waals surface area contributed by atoms with E-state index in [1.165, 1.54) is 12.1 Å². The Morgan fingerprint density at radius 1 is 1.41 bits per heavy atom. The minimum Gasteiger partial charge on any atom is -0.396 e. The van der Waals surface area contributed by atoms with Crippen LogP contribution in [0.3, 0.4) is 0 Å². The summed E-state index contributed by atoms with van der Waals surface area (Å²) >= 11 is 0. The molecule has 0 saturated carbocycles. The Labute approximate surface area is 99.2 Å². The van der Waals surface area contributed by atoms with Gasteiger partial charge in [-0.2, -0.15) is 0 Å². The zero-order valence-electron chi connectivity index (χ0n) is 9.75. The molecule has 0 spiro atoms. The van der Waals surface area contributed by atoms with Crippen LogP contribution in [0.4, 0.5) is 8.78 Å². The van der Waals surface area contributed by atoms with Crippen LogP contribution in [-0.2, 0) is 10.2 Å². The molecule has 0 aromatic heterocycles.